The molecular formula is C16H31NO3. The summed E-state index contributed by atoms with van der Waals surface area (Å²) in [5, 5.41) is 3.63. The smallest absolute Gasteiger partial charge is 0.171 e. The molecule has 1 heterocycles. The first-order valence-electron chi connectivity index (χ1n) is 8.42. The fraction of sp³-hybridized carbons (Fsp3) is 1.00. The van der Waals surface area contributed by atoms with Crippen LogP contribution in [0.25, 0.3) is 0 Å². The van der Waals surface area contributed by atoms with Crippen LogP contribution in [0.1, 0.15) is 58.8 Å². The number of rotatable bonds is 8. The summed E-state index contributed by atoms with van der Waals surface area (Å²) in [5.41, 5.74) is 0. The van der Waals surface area contributed by atoms with E-state index in [9.17, 15) is 0 Å². The van der Waals surface area contributed by atoms with Crippen molar-refractivity contribution in [2.75, 3.05) is 26.4 Å². The molecule has 1 saturated heterocycles. The van der Waals surface area contributed by atoms with Gasteiger partial charge in [0, 0.05) is 25.5 Å². The molecule has 0 bridgehead atoms. The summed E-state index contributed by atoms with van der Waals surface area (Å²) >= 11 is 0. The van der Waals surface area contributed by atoms with Crippen molar-refractivity contribution in [1.82, 2.24) is 5.32 Å². The van der Waals surface area contributed by atoms with E-state index in [0.29, 0.717) is 6.04 Å². The quantitative estimate of drug-likeness (QED) is 0.696. The summed E-state index contributed by atoms with van der Waals surface area (Å²) in [6.45, 7) is 7.82. The minimum atomic E-state index is -0.347. The van der Waals surface area contributed by atoms with E-state index in [1.165, 1.54) is 12.8 Å². The molecule has 0 radical (unpaired) electrons. The molecule has 20 heavy (non-hydrogen) atoms. The minimum Gasteiger partial charge on any atom is -0.376 e. The Labute approximate surface area is 123 Å². The van der Waals surface area contributed by atoms with E-state index in [1.807, 2.05) is 0 Å². The summed E-state index contributed by atoms with van der Waals surface area (Å²) in [6, 6.07) is 0.454. The highest BCUT2D eigenvalue weighted by molar-refractivity contribution is 4.92. The average Bonchev–Trinajstić information content (AvgIpc) is 2.91. The molecule has 0 aromatic rings. The molecule has 1 aliphatic heterocycles. The van der Waals surface area contributed by atoms with Crippen LogP contribution < -0.4 is 5.32 Å². The highest BCUT2D eigenvalue weighted by Gasteiger charge is 2.45. The zero-order chi connectivity index (χ0) is 14.3. The maximum absolute atomic E-state index is 6.16. The SMILES string of the molecule is CCCCCOC1CC2(CCC1NCCC)OCCO2. The fourth-order valence-electron chi connectivity index (χ4n) is 3.20. The lowest BCUT2D eigenvalue weighted by molar-refractivity contribution is -0.207. The van der Waals surface area contributed by atoms with Crippen molar-refractivity contribution in [3.63, 3.8) is 0 Å². The van der Waals surface area contributed by atoms with Crippen LogP contribution in [0.3, 0.4) is 0 Å². The van der Waals surface area contributed by atoms with Crippen LogP contribution >= 0.6 is 0 Å². The topological polar surface area (TPSA) is 39.7 Å². The van der Waals surface area contributed by atoms with Crippen LogP contribution in [0, 0.1) is 0 Å². The van der Waals surface area contributed by atoms with Crippen molar-refractivity contribution < 1.29 is 14.2 Å². The number of ether oxygens (including phenoxy) is 3. The first-order valence-corrected chi connectivity index (χ1v) is 8.42. The molecule has 2 atom stereocenters. The van der Waals surface area contributed by atoms with E-state index in [2.05, 4.69) is 19.2 Å². The normalized spacial score (nSPS) is 29.1. The average molecular weight is 285 g/mol. The van der Waals surface area contributed by atoms with E-state index in [1.54, 1.807) is 0 Å². The lowest BCUT2D eigenvalue weighted by Gasteiger charge is -2.41. The molecule has 4 heteroatoms. The van der Waals surface area contributed by atoms with Crippen LogP contribution in [-0.4, -0.2) is 44.3 Å². The predicted octanol–water partition coefficient (Wildman–Crippen LogP) is 2.86. The highest BCUT2D eigenvalue weighted by atomic mass is 16.7. The van der Waals surface area contributed by atoms with Gasteiger partial charge < -0.3 is 19.5 Å². The first-order chi connectivity index (χ1) is 9.79. The van der Waals surface area contributed by atoms with E-state index in [-0.39, 0.29) is 11.9 Å². The fourth-order valence-corrected chi connectivity index (χ4v) is 3.20. The summed E-state index contributed by atoms with van der Waals surface area (Å²) in [6.07, 6.45) is 7.98. The molecule has 118 valence electrons. The monoisotopic (exact) mass is 285 g/mol. The molecular weight excluding hydrogens is 254 g/mol. The van der Waals surface area contributed by atoms with Crippen molar-refractivity contribution in [3.05, 3.63) is 0 Å². The zero-order valence-corrected chi connectivity index (χ0v) is 13.2. The van der Waals surface area contributed by atoms with Crippen LogP contribution in [0.2, 0.25) is 0 Å². The molecule has 0 aromatic heterocycles. The number of nitrogens with one attached hydrogen (secondary N) is 1. The molecule has 1 saturated carbocycles. The number of unbranched alkanes of at least 4 members (excludes halogenated alkanes) is 2. The van der Waals surface area contributed by atoms with Gasteiger partial charge in [-0.3, -0.25) is 0 Å². The third-order valence-corrected chi connectivity index (χ3v) is 4.35. The highest BCUT2D eigenvalue weighted by Crippen LogP contribution is 2.37. The third kappa shape index (κ3) is 4.42. The molecule has 1 aliphatic carbocycles. The Bertz CT molecular complexity index is 266. The Hall–Kier alpha value is -0.160. The van der Waals surface area contributed by atoms with Crippen molar-refractivity contribution in [1.29, 1.82) is 0 Å². The molecule has 2 unspecified atom stereocenters. The molecule has 1 N–H and O–H groups in total. The maximum atomic E-state index is 6.16. The van der Waals surface area contributed by atoms with E-state index >= 15 is 0 Å². The van der Waals surface area contributed by atoms with Crippen molar-refractivity contribution >= 4 is 0 Å². The van der Waals surface area contributed by atoms with Crippen LogP contribution in [-0.2, 0) is 14.2 Å². The largest absolute Gasteiger partial charge is 0.376 e. The molecule has 4 nitrogen and oxygen atoms in total. The van der Waals surface area contributed by atoms with Gasteiger partial charge in [0.1, 0.15) is 0 Å². The van der Waals surface area contributed by atoms with Gasteiger partial charge in [-0.15, -0.1) is 0 Å². The summed E-state index contributed by atoms with van der Waals surface area (Å²) in [7, 11) is 0. The van der Waals surface area contributed by atoms with Crippen molar-refractivity contribution in [2.45, 2.75) is 76.7 Å². The third-order valence-electron chi connectivity index (χ3n) is 4.35. The predicted molar refractivity (Wildman–Crippen MR) is 79.8 cm³/mol. The number of hydrogen-bond acceptors (Lipinski definition) is 4. The Kier molecular flexibility index (Phi) is 6.75. The van der Waals surface area contributed by atoms with Gasteiger partial charge in [0.05, 0.1) is 19.3 Å². The lowest BCUT2D eigenvalue weighted by atomic mass is 9.87. The standard InChI is InChI=1S/C16H31NO3/c1-3-5-6-10-18-15-13-16(19-11-12-20-16)8-7-14(15)17-9-4-2/h14-15,17H,3-13H2,1-2H3. The second-order valence-electron chi connectivity index (χ2n) is 6.03. The minimum absolute atomic E-state index is 0.227. The van der Waals surface area contributed by atoms with Gasteiger partial charge in [-0.05, 0) is 25.8 Å². The first kappa shape index (κ1) is 16.2. The molecule has 0 aromatic carbocycles. The van der Waals surface area contributed by atoms with E-state index in [4.69, 9.17) is 14.2 Å². The Balaban J connectivity index is 1.84. The van der Waals surface area contributed by atoms with Gasteiger partial charge in [0.25, 0.3) is 0 Å². The zero-order valence-electron chi connectivity index (χ0n) is 13.2. The molecule has 2 rings (SSSR count). The molecule has 0 amide bonds. The van der Waals surface area contributed by atoms with Crippen LogP contribution in [0.5, 0.6) is 0 Å². The molecule has 2 fully saturated rings. The Morgan fingerprint density at radius 2 is 1.95 bits per heavy atom. The van der Waals surface area contributed by atoms with E-state index < -0.39 is 0 Å². The molecule has 2 aliphatic rings. The Morgan fingerprint density at radius 3 is 2.65 bits per heavy atom. The van der Waals surface area contributed by atoms with Gasteiger partial charge in [0.2, 0.25) is 0 Å². The van der Waals surface area contributed by atoms with Crippen LogP contribution in [0.15, 0.2) is 0 Å². The van der Waals surface area contributed by atoms with Crippen LogP contribution in [0.4, 0.5) is 0 Å². The lowest BCUT2D eigenvalue weighted by Crippen LogP contribution is -2.52. The van der Waals surface area contributed by atoms with Gasteiger partial charge >= 0.3 is 0 Å². The molecule has 1 spiro atoms. The number of hydrogen-bond donors (Lipinski definition) is 1. The van der Waals surface area contributed by atoms with E-state index in [0.717, 1.165) is 58.5 Å². The van der Waals surface area contributed by atoms with Crippen molar-refractivity contribution in [2.24, 2.45) is 0 Å². The summed E-state index contributed by atoms with van der Waals surface area (Å²) in [5.74, 6) is -0.347. The second kappa shape index (κ2) is 8.32. The van der Waals surface area contributed by atoms with Gasteiger partial charge in [-0.25, -0.2) is 0 Å². The van der Waals surface area contributed by atoms with Gasteiger partial charge in [0.15, 0.2) is 5.79 Å². The van der Waals surface area contributed by atoms with Gasteiger partial charge in [-0.1, -0.05) is 26.7 Å². The van der Waals surface area contributed by atoms with Crippen molar-refractivity contribution in [3.8, 4) is 0 Å². The maximum Gasteiger partial charge on any atom is 0.171 e. The summed E-state index contributed by atoms with van der Waals surface area (Å²) < 4.78 is 17.9. The summed E-state index contributed by atoms with van der Waals surface area (Å²) in [4.78, 5) is 0. The van der Waals surface area contributed by atoms with Gasteiger partial charge in [-0.2, -0.15) is 0 Å². The Morgan fingerprint density at radius 1 is 1.15 bits per heavy atom. The second-order valence-corrected chi connectivity index (χ2v) is 6.03.